The van der Waals surface area contributed by atoms with E-state index in [0.29, 0.717) is 0 Å². The number of hydrogen-bond donors (Lipinski definition) is 0. The van der Waals surface area contributed by atoms with Crippen molar-refractivity contribution < 1.29 is 0 Å². The van der Waals surface area contributed by atoms with Crippen molar-refractivity contribution in [2.24, 2.45) is 0 Å². The minimum atomic E-state index is 0.176. The molecule has 0 N–H and O–H groups in total. The maximum Gasteiger partial charge on any atom is 0.253 e. The van der Waals surface area contributed by atoms with Gasteiger partial charge in [-0.05, 0) is 36.8 Å². The second-order valence-electron chi connectivity index (χ2n) is 4.24. The summed E-state index contributed by atoms with van der Waals surface area (Å²) in [6.45, 7) is 2.76. The fraction of sp³-hybridized carbons (Fsp3) is 0.308. The fourth-order valence-corrected chi connectivity index (χ4v) is 2.51. The highest BCUT2D eigenvalue weighted by Gasteiger charge is 2.13. The average molecular weight is 199 g/mol. The van der Waals surface area contributed by atoms with Gasteiger partial charge in [0.15, 0.2) is 0 Å². The molecule has 76 valence electrons. The molecule has 0 saturated carbocycles. The van der Waals surface area contributed by atoms with Gasteiger partial charge in [-0.2, -0.15) is 0 Å². The Morgan fingerprint density at radius 3 is 3.07 bits per heavy atom. The van der Waals surface area contributed by atoms with Gasteiger partial charge in [0.2, 0.25) is 0 Å². The van der Waals surface area contributed by atoms with E-state index in [1.807, 2.05) is 17.6 Å². The van der Waals surface area contributed by atoms with Gasteiger partial charge in [0.1, 0.15) is 0 Å². The van der Waals surface area contributed by atoms with Gasteiger partial charge in [-0.15, -0.1) is 0 Å². The summed E-state index contributed by atoms with van der Waals surface area (Å²) in [6, 6.07) is 8.31. The van der Waals surface area contributed by atoms with Crippen LogP contribution in [-0.4, -0.2) is 4.57 Å². The van der Waals surface area contributed by atoms with Crippen LogP contribution >= 0.6 is 0 Å². The molecule has 1 aromatic carbocycles. The molecule has 0 saturated heterocycles. The summed E-state index contributed by atoms with van der Waals surface area (Å²) in [5.74, 6) is 0. The fourth-order valence-electron chi connectivity index (χ4n) is 2.51. The number of para-hydroxylation sites is 1. The van der Waals surface area contributed by atoms with Crippen LogP contribution in [0.1, 0.15) is 17.5 Å². The molecule has 2 heterocycles. The van der Waals surface area contributed by atoms with Crippen LogP contribution < -0.4 is 5.56 Å². The zero-order valence-corrected chi connectivity index (χ0v) is 8.79. The minimum absolute atomic E-state index is 0.176. The number of aromatic nitrogens is 1. The molecule has 0 aliphatic carbocycles. The predicted molar refractivity (Wildman–Crippen MR) is 61.3 cm³/mol. The molecule has 3 rings (SSSR count). The molecule has 1 aromatic heterocycles. The largest absolute Gasteiger partial charge is 0.308 e. The summed E-state index contributed by atoms with van der Waals surface area (Å²) in [4.78, 5) is 12.0. The van der Waals surface area contributed by atoms with E-state index in [2.05, 4.69) is 18.2 Å². The average Bonchev–Trinajstić information content (AvgIpc) is 2.26. The van der Waals surface area contributed by atoms with Gasteiger partial charge in [-0.3, -0.25) is 4.79 Å². The van der Waals surface area contributed by atoms with E-state index in [4.69, 9.17) is 0 Å². The third-order valence-corrected chi connectivity index (χ3v) is 3.20. The van der Waals surface area contributed by atoms with Crippen LogP contribution in [0.2, 0.25) is 0 Å². The van der Waals surface area contributed by atoms with Crippen molar-refractivity contribution in [2.45, 2.75) is 26.3 Å². The lowest BCUT2D eigenvalue weighted by Crippen LogP contribution is -2.26. The molecule has 0 spiro atoms. The van der Waals surface area contributed by atoms with Crippen molar-refractivity contribution >= 4 is 10.9 Å². The van der Waals surface area contributed by atoms with Gasteiger partial charge in [0.25, 0.3) is 5.56 Å². The van der Waals surface area contributed by atoms with E-state index >= 15 is 0 Å². The maximum absolute atomic E-state index is 12.0. The first-order chi connectivity index (χ1) is 7.27. The molecule has 2 nitrogen and oxygen atoms in total. The van der Waals surface area contributed by atoms with E-state index < -0.39 is 0 Å². The van der Waals surface area contributed by atoms with Crippen molar-refractivity contribution in [1.82, 2.24) is 4.57 Å². The van der Waals surface area contributed by atoms with Crippen LogP contribution in [-0.2, 0) is 13.0 Å². The zero-order valence-electron chi connectivity index (χ0n) is 8.79. The van der Waals surface area contributed by atoms with Crippen molar-refractivity contribution in [1.29, 1.82) is 0 Å². The number of rotatable bonds is 0. The van der Waals surface area contributed by atoms with Gasteiger partial charge in [0, 0.05) is 12.1 Å². The standard InChI is InChI=1S/C13H13NO/c1-9-8-11-5-2-4-10-6-3-7-14(12(10)11)13(9)15/h2,4-5,8H,3,6-7H2,1H3. The summed E-state index contributed by atoms with van der Waals surface area (Å²) in [6.07, 6.45) is 2.18. The quantitative estimate of drug-likeness (QED) is 0.638. The van der Waals surface area contributed by atoms with E-state index in [1.165, 1.54) is 10.9 Å². The topological polar surface area (TPSA) is 22.0 Å². The van der Waals surface area contributed by atoms with Crippen molar-refractivity contribution in [3.8, 4) is 0 Å². The van der Waals surface area contributed by atoms with Gasteiger partial charge in [-0.1, -0.05) is 18.2 Å². The molecule has 0 unspecified atom stereocenters. The zero-order chi connectivity index (χ0) is 10.4. The monoisotopic (exact) mass is 199 g/mol. The van der Waals surface area contributed by atoms with E-state index in [-0.39, 0.29) is 5.56 Å². The first-order valence-corrected chi connectivity index (χ1v) is 5.39. The van der Waals surface area contributed by atoms with Crippen LogP contribution in [0.25, 0.3) is 10.9 Å². The maximum atomic E-state index is 12.0. The summed E-state index contributed by atoms with van der Waals surface area (Å²) < 4.78 is 1.93. The normalized spacial score (nSPS) is 14.5. The van der Waals surface area contributed by atoms with Crippen LogP contribution in [0.15, 0.2) is 29.1 Å². The highest BCUT2D eigenvalue weighted by molar-refractivity contribution is 5.83. The van der Waals surface area contributed by atoms with Crippen molar-refractivity contribution in [3.63, 3.8) is 0 Å². The lowest BCUT2D eigenvalue weighted by Gasteiger charge is -2.19. The van der Waals surface area contributed by atoms with E-state index in [0.717, 1.165) is 30.5 Å². The molecule has 0 fully saturated rings. The van der Waals surface area contributed by atoms with Gasteiger partial charge >= 0.3 is 0 Å². The summed E-state index contributed by atoms with van der Waals surface area (Å²) in [5.41, 5.74) is 3.49. The van der Waals surface area contributed by atoms with Crippen molar-refractivity contribution in [3.05, 3.63) is 45.7 Å². The number of pyridine rings is 1. The Labute approximate surface area is 88.2 Å². The summed E-state index contributed by atoms with van der Waals surface area (Å²) in [7, 11) is 0. The van der Waals surface area contributed by atoms with Crippen LogP contribution in [0.4, 0.5) is 0 Å². The lowest BCUT2D eigenvalue weighted by molar-refractivity contribution is 0.613. The Hall–Kier alpha value is -1.57. The van der Waals surface area contributed by atoms with Crippen LogP contribution in [0.5, 0.6) is 0 Å². The highest BCUT2D eigenvalue weighted by Crippen LogP contribution is 2.23. The SMILES string of the molecule is Cc1cc2cccc3c2n(c1=O)CCC3. The third-order valence-electron chi connectivity index (χ3n) is 3.20. The first-order valence-electron chi connectivity index (χ1n) is 5.39. The van der Waals surface area contributed by atoms with Gasteiger partial charge < -0.3 is 4.57 Å². The third kappa shape index (κ3) is 1.14. The summed E-state index contributed by atoms with van der Waals surface area (Å²) in [5, 5.41) is 1.20. The van der Waals surface area contributed by atoms with Crippen molar-refractivity contribution in [2.75, 3.05) is 0 Å². The van der Waals surface area contributed by atoms with Crippen LogP contribution in [0, 0.1) is 6.92 Å². The number of hydrogen-bond acceptors (Lipinski definition) is 1. The molecule has 0 radical (unpaired) electrons. The molecular formula is C13H13NO. The predicted octanol–water partition coefficient (Wildman–Crippen LogP) is 2.26. The number of aryl methyl sites for hydroxylation is 3. The van der Waals surface area contributed by atoms with Crippen LogP contribution in [0.3, 0.4) is 0 Å². The minimum Gasteiger partial charge on any atom is -0.308 e. The second-order valence-corrected chi connectivity index (χ2v) is 4.24. The second kappa shape index (κ2) is 2.96. The smallest absolute Gasteiger partial charge is 0.253 e. The Morgan fingerprint density at radius 2 is 2.20 bits per heavy atom. The van der Waals surface area contributed by atoms with E-state index in [9.17, 15) is 4.79 Å². The molecular weight excluding hydrogens is 186 g/mol. The number of nitrogens with zero attached hydrogens (tertiary/aromatic N) is 1. The number of benzene rings is 1. The molecule has 2 heteroatoms. The van der Waals surface area contributed by atoms with Gasteiger partial charge in [0.05, 0.1) is 5.52 Å². The lowest BCUT2D eigenvalue weighted by atomic mass is 10.0. The van der Waals surface area contributed by atoms with E-state index in [1.54, 1.807) is 0 Å². The Balaban J connectivity index is 2.57. The Bertz CT molecular complexity index is 595. The molecule has 0 bridgehead atoms. The Morgan fingerprint density at radius 1 is 1.33 bits per heavy atom. The van der Waals surface area contributed by atoms with Gasteiger partial charge in [-0.25, -0.2) is 0 Å². The molecule has 1 aliphatic heterocycles. The molecule has 1 aliphatic rings. The Kier molecular flexibility index (Phi) is 1.72. The summed E-state index contributed by atoms with van der Waals surface area (Å²) >= 11 is 0. The first kappa shape index (κ1) is 8.72. The molecule has 0 atom stereocenters. The molecule has 15 heavy (non-hydrogen) atoms. The molecule has 2 aromatic rings. The molecule has 0 amide bonds. The highest BCUT2D eigenvalue weighted by atomic mass is 16.1.